The number of carboxylic acid groups (broad SMARTS) is 1. The number of aromatic nitrogens is 2. The Kier molecular flexibility index (Phi) is 6.69. The third-order valence-electron chi connectivity index (χ3n) is 5.64. The number of hydrogen-bond donors (Lipinski definition) is 1. The average Bonchev–Trinajstić information content (AvgIpc) is 2.79. The van der Waals surface area contributed by atoms with E-state index >= 15 is 0 Å². The van der Waals surface area contributed by atoms with Gasteiger partial charge in [-0.3, -0.25) is 4.79 Å². The highest BCUT2D eigenvalue weighted by molar-refractivity contribution is 9.10. The molecule has 0 bridgehead atoms. The Bertz CT molecular complexity index is 1230. The predicted molar refractivity (Wildman–Crippen MR) is 127 cm³/mol. The van der Waals surface area contributed by atoms with Crippen molar-refractivity contribution in [2.24, 2.45) is 5.10 Å². The summed E-state index contributed by atoms with van der Waals surface area (Å²) in [6.45, 7) is 1.47. The minimum absolute atomic E-state index is 0.188. The molecule has 1 saturated carbocycles. The normalized spacial score (nSPS) is 15.8. The number of fused-ring (bicyclic) bond motifs is 1. The first-order chi connectivity index (χ1) is 15.4. The highest BCUT2D eigenvalue weighted by atomic mass is 79.9. The van der Waals surface area contributed by atoms with E-state index in [0.29, 0.717) is 28.0 Å². The SMILES string of the molecule is C[C@H](Oc1cccc(C=Nn2c(C3CCCCC3)nc3ccc(Br)cc3c2=O)c1)C(=O)O. The maximum Gasteiger partial charge on any atom is 0.344 e. The number of benzene rings is 2. The Hall–Kier alpha value is -3.00. The molecule has 32 heavy (non-hydrogen) atoms. The van der Waals surface area contributed by atoms with Gasteiger partial charge in [0.25, 0.3) is 5.56 Å². The van der Waals surface area contributed by atoms with Crippen LogP contribution in [0.5, 0.6) is 5.75 Å². The van der Waals surface area contributed by atoms with E-state index in [4.69, 9.17) is 14.8 Å². The molecule has 0 unspecified atom stereocenters. The Labute approximate surface area is 193 Å². The lowest BCUT2D eigenvalue weighted by atomic mass is 9.88. The number of carboxylic acids is 1. The maximum atomic E-state index is 13.4. The molecule has 1 fully saturated rings. The highest BCUT2D eigenvalue weighted by Crippen LogP contribution is 2.32. The van der Waals surface area contributed by atoms with E-state index in [1.165, 1.54) is 18.0 Å². The van der Waals surface area contributed by atoms with Crippen molar-refractivity contribution < 1.29 is 14.6 Å². The van der Waals surface area contributed by atoms with Crippen LogP contribution in [0.4, 0.5) is 0 Å². The summed E-state index contributed by atoms with van der Waals surface area (Å²) in [5.41, 5.74) is 1.15. The molecule has 0 radical (unpaired) electrons. The molecule has 1 N–H and O–H groups in total. The second-order valence-corrected chi connectivity index (χ2v) is 8.91. The molecule has 0 aliphatic heterocycles. The highest BCUT2D eigenvalue weighted by Gasteiger charge is 2.22. The van der Waals surface area contributed by atoms with Gasteiger partial charge in [0.15, 0.2) is 6.10 Å². The molecule has 1 aliphatic carbocycles. The molecule has 0 spiro atoms. The molecule has 4 rings (SSSR count). The van der Waals surface area contributed by atoms with Crippen molar-refractivity contribution in [3.63, 3.8) is 0 Å². The molecule has 1 heterocycles. The second-order valence-electron chi connectivity index (χ2n) is 8.00. The summed E-state index contributed by atoms with van der Waals surface area (Å²) in [4.78, 5) is 29.2. The van der Waals surface area contributed by atoms with Crippen molar-refractivity contribution in [1.82, 2.24) is 9.66 Å². The largest absolute Gasteiger partial charge is 0.479 e. The van der Waals surface area contributed by atoms with Gasteiger partial charge in [0.1, 0.15) is 11.6 Å². The zero-order valence-corrected chi connectivity index (χ0v) is 19.3. The van der Waals surface area contributed by atoms with E-state index in [2.05, 4.69) is 21.0 Å². The quantitative estimate of drug-likeness (QED) is 0.486. The van der Waals surface area contributed by atoms with Crippen LogP contribution in [0.25, 0.3) is 10.9 Å². The van der Waals surface area contributed by atoms with Gasteiger partial charge in [-0.1, -0.05) is 47.3 Å². The first-order valence-electron chi connectivity index (χ1n) is 10.7. The van der Waals surface area contributed by atoms with Crippen LogP contribution < -0.4 is 10.3 Å². The average molecular weight is 498 g/mol. The fraction of sp³-hybridized carbons (Fsp3) is 0.333. The van der Waals surface area contributed by atoms with Crippen molar-refractivity contribution in [2.75, 3.05) is 0 Å². The van der Waals surface area contributed by atoms with Gasteiger partial charge >= 0.3 is 5.97 Å². The van der Waals surface area contributed by atoms with Crippen molar-refractivity contribution in [3.05, 3.63) is 68.7 Å². The van der Waals surface area contributed by atoms with E-state index in [0.717, 1.165) is 30.2 Å². The number of nitrogens with zero attached hydrogens (tertiary/aromatic N) is 3. The molecule has 0 amide bonds. The summed E-state index contributed by atoms with van der Waals surface area (Å²) in [6.07, 6.45) is 6.02. The Balaban J connectivity index is 1.74. The summed E-state index contributed by atoms with van der Waals surface area (Å²) in [7, 11) is 0. The van der Waals surface area contributed by atoms with Gasteiger partial charge in [-0.05, 0) is 55.7 Å². The fourth-order valence-corrected chi connectivity index (χ4v) is 4.31. The lowest BCUT2D eigenvalue weighted by Crippen LogP contribution is -2.25. The monoisotopic (exact) mass is 497 g/mol. The number of carbonyl (C=O) groups is 1. The Morgan fingerprint density at radius 3 is 2.78 bits per heavy atom. The van der Waals surface area contributed by atoms with Crippen molar-refractivity contribution in [2.45, 2.75) is 51.0 Å². The third kappa shape index (κ3) is 4.91. The smallest absolute Gasteiger partial charge is 0.344 e. The summed E-state index contributed by atoms with van der Waals surface area (Å²) < 4.78 is 7.66. The van der Waals surface area contributed by atoms with Gasteiger partial charge in [0.05, 0.1) is 17.1 Å². The molecular formula is C24H24BrN3O4. The van der Waals surface area contributed by atoms with Crippen LogP contribution in [0.2, 0.25) is 0 Å². The molecule has 0 saturated heterocycles. The Morgan fingerprint density at radius 1 is 1.25 bits per heavy atom. The van der Waals surface area contributed by atoms with Gasteiger partial charge in [0, 0.05) is 10.4 Å². The number of aliphatic carboxylic acids is 1. The zero-order valence-electron chi connectivity index (χ0n) is 17.7. The standard InChI is InChI=1S/C24H24BrN3O4/c1-15(24(30)31)32-19-9-5-6-16(12-19)14-26-28-22(17-7-3-2-4-8-17)27-21-11-10-18(25)13-20(21)23(28)29/h5-6,9-15,17H,2-4,7-8H2,1H3,(H,30,31)/t15-/m0/s1. The number of ether oxygens (including phenoxy) is 1. The van der Waals surface area contributed by atoms with Crippen LogP contribution in [0.15, 0.2) is 56.8 Å². The van der Waals surface area contributed by atoms with Crippen LogP contribution in [0, 0.1) is 0 Å². The molecule has 1 aromatic heterocycles. The summed E-state index contributed by atoms with van der Waals surface area (Å²) in [5, 5.41) is 14.1. The van der Waals surface area contributed by atoms with E-state index in [1.54, 1.807) is 30.5 Å². The summed E-state index contributed by atoms with van der Waals surface area (Å²) >= 11 is 3.43. The number of rotatable bonds is 6. The molecule has 1 aliphatic rings. The van der Waals surface area contributed by atoms with E-state index < -0.39 is 12.1 Å². The molecule has 1 atom stereocenters. The van der Waals surface area contributed by atoms with Crippen LogP contribution in [0.1, 0.15) is 56.3 Å². The number of hydrogen-bond acceptors (Lipinski definition) is 5. The van der Waals surface area contributed by atoms with E-state index in [-0.39, 0.29) is 11.5 Å². The van der Waals surface area contributed by atoms with Crippen molar-refractivity contribution in [3.8, 4) is 5.75 Å². The van der Waals surface area contributed by atoms with Gasteiger partial charge in [-0.25, -0.2) is 9.78 Å². The molecule has 2 aromatic carbocycles. The lowest BCUT2D eigenvalue weighted by molar-refractivity contribution is -0.144. The van der Waals surface area contributed by atoms with Crippen LogP contribution in [0.3, 0.4) is 0 Å². The molecule has 8 heteroatoms. The molecule has 3 aromatic rings. The minimum Gasteiger partial charge on any atom is -0.479 e. The number of halogens is 1. The van der Waals surface area contributed by atoms with Crippen LogP contribution in [-0.2, 0) is 4.79 Å². The predicted octanol–water partition coefficient (Wildman–Crippen LogP) is 4.94. The van der Waals surface area contributed by atoms with E-state index in [9.17, 15) is 9.59 Å². The summed E-state index contributed by atoms with van der Waals surface area (Å²) in [6, 6.07) is 12.5. The zero-order chi connectivity index (χ0) is 22.7. The molecule has 166 valence electrons. The fourth-order valence-electron chi connectivity index (χ4n) is 3.95. The summed E-state index contributed by atoms with van der Waals surface area (Å²) in [5.74, 6) is 0.255. The van der Waals surface area contributed by atoms with Gasteiger partial charge in [0.2, 0.25) is 0 Å². The van der Waals surface area contributed by atoms with Gasteiger partial charge in [-0.15, -0.1) is 0 Å². The first kappa shape index (κ1) is 22.2. The van der Waals surface area contributed by atoms with Crippen molar-refractivity contribution >= 4 is 39.0 Å². The van der Waals surface area contributed by atoms with Crippen molar-refractivity contribution in [1.29, 1.82) is 0 Å². The molecule has 7 nitrogen and oxygen atoms in total. The third-order valence-corrected chi connectivity index (χ3v) is 6.14. The molecular weight excluding hydrogens is 474 g/mol. The Morgan fingerprint density at radius 2 is 2.03 bits per heavy atom. The first-order valence-corrected chi connectivity index (χ1v) is 11.5. The van der Waals surface area contributed by atoms with Gasteiger partial charge in [-0.2, -0.15) is 9.78 Å². The second kappa shape index (κ2) is 9.65. The van der Waals surface area contributed by atoms with Crippen LogP contribution in [-0.4, -0.2) is 33.1 Å². The minimum atomic E-state index is -1.04. The van der Waals surface area contributed by atoms with E-state index in [1.807, 2.05) is 18.2 Å². The lowest BCUT2D eigenvalue weighted by Gasteiger charge is -2.22. The maximum absolute atomic E-state index is 13.4. The van der Waals surface area contributed by atoms with Crippen LogP contribution >= 0.6 is 15.9 Å². The van der Waals surface area contributed by atoms with Gasteiger partial charge < -0.3 is 9.84 Å². The topological polar surface area (TPSA) is 93.8 Å².